The molecule has 3 saturated heterocycles. The fraction of sp³-hybridized carbons (Fsp3) is 0.472. The number of hydrogen-bond donors (Lipinski definition) is 0. The molecule has 3 atom stereocenters. The smallest absolute Gasteiger partial charge is 0.319 e. The summed E-state index contributed by atoms with van der Waals surface area (Å²) < 4.78 is 70.4. The number of fused-ring (bicyclic) bond motifs is 4. The first-order chi connectivity index (χ1) is 23.4. The highest BCUT2D eigenvalue weighted by Crippen LogP contribution is 2.45. The number of ether oxygens (including phenoxy) is 4. The number of methoxy groups -OCH3 is 1. The van der Waals surface area contributed by atoms with Crippen LogP contribution in [0.5, 0.6) is 17.6 Å². The molecule has 3 fully saturated rings. The van der Waals surface area contributed by atoms with E-state index < -0.39 is 23.3 Å². The van der Waals surface area contributed by atoms with Gasteiger partial charge in [-0.2, -0.15) is 9.97 Å². The molecule has 48 heavy (non-hydrogen) atoms. The topological polar surface area (TPSA) is 82.1 Å². The first kappa shape index (κ1) is 31.0. The van der Waals surface area contributed by atoms with Crippen LogP contribution in [0.1, 0.15) is 50.5 Å². The Morgan fingerprint density at radius 2 is 1.96 bits per heavy atom. The molecule has 0 radical (unpaired) electrons. The highest BCUT2D eigenvalue weighted by atomic mass is 19.1. The van der Waals surface area contributed by atoms with Gasteiger partial charge in [0.1, 0.15) is 53.4 Å². The van der Waals surface area contributed by atoms with E-state index in [9.17, 15) is 4.39 Å². The average Bonchev–Trinajstić information content (AvgIpc) is 3.44. The molecule has 6 heterocycles. The van der Waals surface area contributed by atoms with E-state index in [0.29, 0.717) is 53.8 Å². The fourth-order valence-corrected chi connectivity index (χ4v) is 8.06. The Kier molecular flexibility index (Phi) is 7.92. The second-order valence-electron chi connectivity index (χ2n) is 13.2. The van der Waals surface area contributed by atoms with Gasteiger partial charge in [-0.1, -0.05) is 24.8 Å². The van der Waals surface area contributed by atoms with Gasteiger partial charge in [-0.05, 0) is 55.8 Å². The van der Waals surface area contributed by atoms with Crippen molar-refractivity contribution in [1.29, 1.82) is 0 Å². The number of rotatable bonds is 7. The van der Waals surface area contributed by atoms with E-state index in [-0.39, 0.29) is 53.7 Å². The number of benzene rings is 2. The zero-order chi connectivity index (χ0) is 33.0. The summed E-state index contributed by atoms with van der Waals surface area (Å²) in [6, 6.07) is 6.07. The van der Waals surface area contributed by atoms with Crippen LogP contribution in [0.2, 0.25) is 0 Å². The second-order valence-corrected chi connectivity index (χ2v) is 13.2. The Balaban J connectivity index is 1.33. The Hall–Kier alpha value is -4.34. The maximum atomic E-state index is 17.2. The Labute approximate surface area is 276 Å². The molecule has 2 aromatic heterocycles. The Morgan fingerprint density at radius 1 is 1.06 bits per heavy atom. The van der Waals surface area contributed by atoms with Crippen LogP contribution in [0.25, 0.3) is 32.9 Å². The molecule has 250 valence electrons. The van der Waals surface area contributed by atoms with Crippen molar-refractivity contribution in [2.24, 2.45) is 0 Å². The summed E-state index contributed by atoms with van der Waals surface area (Å²) in [6.45, 7) is 2.35. The summed E-state index contributed by atoms with van der Waals surface area (Å²) in [5.41, 5.74) is -0.419. The molecule has 12 heteroatoms. The molecule has 4 aliphatic rings. The summed E-state index contributed by atoms with van der Waals surface area (Å²) in [5.74, 6) is 2.07. The molecule has 0 saturated carbocycles. The maximum Gasteiger partial charge on any atom is 0.319 e. The molecule has 0 amide bonds. The number of terminal acetylenes is 1. The summed E-state index contributed by atoms with van der Waals surface area (Å²) in [5, 5.41) is 1.18. The zero-order valence-corrected chi connectivity index (χ0v) is 26.7. The third-order valence-corrected chi connectivity index (χ3v) is 10.3. The monoisotopic (exact) mass is 659 g/mol. The van der Waals surface area contributed by atoms with E-state index in [2.05, 4.69) is 20.7 Å². The number of aromatic nitrogens is 3. The van der Waals surface area contributed by atoms with Crippen molar-refractivity contribution >= 4 is 27.5 Å². The molecule has 1 unspecified atom stereocenters. The molecule has 4 aromatic rings. The Morgan fingerprint density at radius 3 is 2.81 bits per heavy atom. The van der Waals surface area contributed by atoms with Gasteiger partial charge in [0.25, 0.3) is 0 Å². The van der Waals surface area contributed by atoms with Gasteiger partial charge in [-0.3, -0.25) is 4.90 Å². The van der Waals surface area contributed by atoms with Crippen molar-refractivity contribution in [3.05, 3.63) is 41.5 Å². The van der Waals surface area contributed by atoms with Crippen LogP contribution in [0.4, 0.5) is 19.0 Å². The maximum absolute atomic E-state index is 17.2. The SMILES string of the molecule is C#Cc1c(F)ccc2cc(OCOC)cc(-c3nc4c5c(nc(OC[C@@]67CCCN6C[C@H](F)C7)nc5c3F)N3CCCCCC3CO4)c12. The van der Waals surface area contributed by atoms with Gasteiger partial charge < -0.3 is 23.8 Å². The van der Waals surface area contributed by atoms with Crippen LogP contribution < -0.4 is 19.1 Å². The van der Waals surface area contributed by atoms with Crippen molar-refractivity contribution in [3.63, 3.8) is 0 Å². The lowest BCUT2D eigenvalue weighted by atomic mass is 9.95. The van der Waals surface area contributed by atoms with Crippen LogP contribution >= 0.6 is 0 Å². The van der Waals surface area contributed by atoms with E-state index in [1.54, 1.807) is 18.2 Å². The van der Waals surface area contributed by atoms with E-state index in [0.717, 1.165) is 45.1 Å². The van der Waals surface area contributed by atoms with Gasteiger partial charge in [-0.25, -0.2) is 18.2 Å². The molecule has 0 N–H and O–H groups in total. The minimum atomic E-state index is -0.920. The third-order valence-electron chi connectivity index (χ3n) is 10.3. The zero-order valence-electron chi connectivity index (χ0n) is 26.7. The molecule has 0 spiro atoms. The first-order valence-corrected chi connectivity index (χ1v) is 16.6. The first-order valence-electron chi connectivity index (χ1n) is 16.6. The summed E-state index contributed by atoms with van der Waals surface area (Å²) >= 11 is 0. The second kappa shape index (κ2) is 12.3. The van der Waals surface area contributed by atoms with Gasteiger partial charge in [0.2, 0.25) is 5.88 Å². The standard InChI is InChI=1S/C36H36F3N5O4/c1-3-25-27(38)10-9-21-14-24(48-20-45-2)15-26(28(21)25)31-30(39)32-29-33(44-13-6-4-5-8-23(44)18-46-34(29)40-31)42-35(41-32)47-19-36-11-7-12-43(36)17-22(37)16-36/h1,9-10,14-15,22-23H,4-8,11-13,16-20H2,2H3/t22-,23?,36+/m1/s1. The number of pyridine rings is 1. The van der Waals surface area contributed by atoms with Crippen LogP contribution in [0, 0.1) is 24.0 Å². The van der Waals surface area contributed by atoms with Gasteiger partial charge >= 0.3 is 6.01 Å². The normalized spacial score (nSPS) is 23.7. The number of nitrogens with zero attached hydrogens (tertiary/aromatic N) is 5. The van der Waals surface area contributed by atoms with E-state index >= 15 is 8.78 Å². The number of alkyl halides is 1. The molecular weight excluding hydrogens is 623 g/mol. The summed E-state index contributed by atoms with van der Waals surface area (Å²) in [6.07, 6.45) is 10.9. The molecule has 2 aromatic carbocycles. The fourth-order valence-electron chi connectivity index (χ4n) is 8.06. The van der Waals surface area contributed by atoms with Gasteiger partial charge in [0, 0.05) is 37.6 Å². The number of anilines is 1. The average molecular weight is 660 g/mol. The molecule has 8 rings (SSSR count). The number of halogens is 3. The van der Waals surface area contributed by atoms with Crippen LogP contribution in [-0.2, 0) is 4.74 Å². The van der Waals surface area contributed by atoms with Gasteiger partial charge in [0.05, 0.1) is 17.1 Å². The van der Waals surface area contributed by atoms with Crippen molar-refractivity contribution in [2.45, 2.75) is 62.7 Å². The van der Waals surface area contributed by atoms with Gasteiger partial charge in [-0.15, -0.1) is 6.42 Å². The minimum absolute atomic E-state index is 0.00493. The molecule has 4 aliphatic heterocycles. The summed E-state index contributed by atoms with van der Waals surface area (Å²) in [4.78, 5) is 18.6. The predicted molar refractivity (Wildman–Crippen MR) is 174 cm³/mol. The lowest BCUT2D eigenvalue weighted by Gasteiger charge is -2.31. The molecular formula is C36H36F3N5O4. The van der Waals surface area contributed by atoms with Crippen molar-refractivity contribution in [2.75, 3.05) is 51.7 Å². The predicted octanol–water partition coefficient (Wildman–Crippen LogP) is 6.18. The number of hydrogen-bond acceptors (Lipinski definition) is 9. The largest absolute Gasteiger partial charge is 0.475 e. The highest BCUT2D eigenvalue weighted by molar-refractivity contribution is 6.04. The highest BCUT2D eigenvalue weighted by Gasteiger charge is 2.49. The van der Waals surface area contributed by atoms with Crippen LogP contribution in [-0.4, -0.2) is 84.4 Å². The van der Waals surface area contributed by atoms with E-state index in [1.807, 2.05) is 0 Å². The minimum Gasteiger partial charge on any atom is -0.475 e. The molecule has 0 bridgehead atoms. The lowest BCUT2D eigenvalue weighted by Crippen LogP contribution is -2.43. The molecule has 9 nitrogen and oxygen atoms in total. The van der Waals surface area contributed by atoms with Crippen LogP contribution in [0.3, 0.4) is 0 Å². The molecule has 0 aliphatic carbocycles. The quantitative estimate of drug-likeness (QED) is 0.171. The van der Waals surface area contributed by atoms with E-state index in [1.165, 1.54) is 13.2 Å². The third kappa shape index (κ3) is 5.15. The van der Waals surface area contributed by atoms with Crippen molar-refractivity contribution < 1.29 is 32.1 Å². The van der Waals surface area contributed by atoms with Gasteiger partial charge in [0.15, 0.2) is 12.6 Å². The Bertz CT molecular complexity index is 1950. The van der Waals surface area contributed by atoms with Crippen molar-refractivity contribution in [1.82, 2.24) is 19.9 Å². The van der Waals surface area contributed by atoms with Crippen LogP contribution in [0.15, 0.2) is 24.3 Å². The van der Waals surface area contributed by atoms with E-state index in [4.69, 9.17) is 35.3 Å². The summed E-state index contributed by atoms with van der Waals surface area (Å²) in [7, 11) is 1.49. The van der Waals surface area contributed by atoms with Crippen molar-refractivity contribution in [3.8, 4) is 41.2 Å². The lowest BCUT2D eigenvalue weighted by molar-refractivity contribution is 0.0512.